The Morgan fingerprint density at radius 2 is 1.09 bits per heavy atom. The van der Waals surface area contributed by atoms with Crippen molar-refractivity contribution in [2.45, 2.75) is 94.8 Å². The van der Waals surface area contributed by atoms with Gasteiger partial charge in [0.05, 0.1) is 0 Å². The van der Waals surface area contributed by atoms with Crippen LogP contribution in [0.5, 0.6) is 0 Å². The molecule has 2 aromatic carbocycles. The largest absolute Gasteiger partial charge is 0.207 e. The summed E-state index contributed by atoms with van der Waals surface area (Å²) in [6, 6.07) is 13.3. The Labute approximate surface area is 204 Å². The van der Waals surface area contributed by atoms with Gasteiger partial charge in [-0.2, -0.15) is 0 Å². The lowest BCUT2D eigenvalue weighted by Crippen LogP contribution is -2.25. The summed E-state index contributed by atoms with van der Waals surface area (Å²) in [4.78, 5) is 0. The second kappa shape index (κ2) is 10.8. The lowest BCUT2D eigenvalue weighted by Gasteiger charge is -2.38. The van der Waals surface area contributed by atoms with E-state index in [1.807, 2.05) is 18.2 Å². The molecule has 0 radical (unpaired) electrons. The van der Waals surface area contributed by atoms with Gasteiger partial charge in [-0.05, 0) is 147 Å². The molecule has 5 rings (SSSR count). The molecule has 0 aliphatic heterocycles. The molecule has 2 heteroatoms. The molecule has 2 aromatic rings. The summed E-state index contributed by atoms with van der Waals surface area (Å²) in [5.41, 5.74) is 3.47. The van der Waals surface area contributed by atoms with Crippen LogP contribution in [0.3, 0.4) is 0 Å². The van der Waals surface area contributed by atoms with Crippen LogP contribution in [0.4, 0.5) is 8.78 Å². The summed E-state index contributed by atoms with van der Waals surface area (Å²) in [6.45, 7) is 3.94. The monoisotopic (exact) mass is 462 g/mol. The number of hydrogen-bond acceptors (Lipinski definition) is 0. The number of halogens is 2. The van der Waals surface area contributed by atoms with Gasteiger partial charge in [0.15, 0.2) is 0 Å². The van der Waals surface area contributed by atoms with Crippen LogP contribution in [0.25, 0.3) is 0 Å². The third kappa shape index (κ3) is 5.31. The predicted octanol–water partition coefficient (Wildman–Crippen LogP) is 9.67. The first-order valence-electron chi connectivity index (χ1n) is 13.8. The Kier molecular flexibility index (Phi) is 7.52. The zero-order valence-corrected chi connectivity index (χ0v) is 20.5. The quantitative estimate of drug-likeness (QED) is 0.388. The fraction of sp³-hybridized carbons (Fsp3) is 0.562. The van der Waals surface area contributed by atoms with Crippen molar-refractivity contribution in [1.82, 2.24) is 0 Å². The highest BCUT2D eigenvalue weighted by Gasteiger charge is 2.32. The molecule has 0 aromatic heterocycles. The van der Waals surface area contributed by atoms with Gasteiger partial charge in [-0.3, -0.25) is 0 Å². The van der Waals surface area contributed by atoms with Crippen molar-refractivity contribution in [3.63, 3.8) is 0 Å². The van der Waals surface area contributed by atoms with Crippen molar-refractivity contribution in [3.8, 4) is 0 Å². The second-order valence-corrected chi connectivity index (χ2v) is 11.4. The second-order valence-electron chi connectivity index (χ2n) is 11.4. The average molecular weight is 463 g/mol. The Hall–Kier alpha value is -1.96. The standard InChI is InChI=1S/C32H40F2/c1-2-22-3-5-27(6-4-22)29-17-20-31(32(34)21-29)28-13-11-25(12-14-28)23-7-9-24(10-8-23)26-15-18-30(33)19-16-26/h2,15-25,27-28H,1,3-14H2. The Bertz CT molecular complexity index is 937. The zero-order chi connectivity index (χ0) is 23.5. The zero-order valence-electron chi connectivity index (χ0n) is 20.5. The maximum absolute atomic E-state index is 15.2. The predicted molar refractivity (Wildman–Crippen MR) is 137 cm³/mol. The molecule has 182 valence electrons. The Balaban J connectivity index is 1.12. The Morgan fingerprint density at radius 3 is 1.65 bits per heavy atom. The van der Waals surface area contributed by atoms with Gasteiger partial charge >= 0.3 is 0 Å². The van der Waals surface area contributed by atoms with E-state index in [0.717, 1.165) is 43.1 Å². The molecule has 3 saturated carbocycles. The summed E-state index contributed by atoms with van der Waals surface area (Å²) in [5.74, 6) is 3.64. The van der Waals surface area contributed by atoms with Gasteiger partial charge in [-0.15, -0.1) is 6.58 Å². The minimum atomic E-state index is -0.143. The highest BCUT2D eigenvalue weighted by Crippen LogP contribution is 2.46. The van der Waals surface area contributed by atoms with Crippen molar-refractivity contribution >= 4 is 0 Å². The first-order valence-corrected chi connectivity index (χ1v) is 13.8. The van der Waals surface area contributed by atoms with E-state index in [2.05, 4.69) is 24.8 Å². The van der Waals surface area contributed by atoms with Gasteiger partial charge in [0.1, 0.15) is 11.6 Å². The molecule has 0 saturated heterocycles. The van der Waals surface area contributed by atoms with E-state index < -0.39 is 0 Å². The molecule has 0 spiro atoms. The van der Waals surface area contributed by atoms with Gasteiger partial charge in [0, 0.05) is 0 Å². The number of benzene rings is 2. The minimum absolute atomic E-state index is 0.0339. The van der Waals surface area contributed by atoms with Gasteiger partial charge in [-0.1, -0.05) is 30.3 Å². The van der Waals surface area contributed by atoms with Crippen LogP contribution in [0.15, 0.2) is 55.1 Å². The van der Waals surface area contributed by atoms with Crippen LogP contribution in [0, 0.1) is 29.4 Å². The smallest absolute Gasteiger partial charge is 0.126 e. The fourth-order valence-corrected chi connectivity index (χ4v) is 7.38. The molecule has 0 amide bonds. The molecular weight excluding hydrogens is 422 g/mol. The lowest BCUT2D eigenvalue weighted by molar-refractivity contribution is 0.176. The van der Waals surface area contributed by atoms with Gasteiger partial charge in [0.2, 0.25) is 0 Å². The van der Waals surface area contributed by atoms with Crippen LogP contribution in [0.1, 0.15) is 111 Å². The summed E-state index contributed by atoms with van der Waals surface area (Å²) in [6.07, 6.45) is 16.5. The van der Waals surface area contributed by atoms with Crippen molar-refractivity contribution in [1.29, 1.82) is 0 Å². The van der Waals surface area contributed by atoms with E-state index in [-0.39, 0.29) is 11.6 Å². The van der Waals surface area contributed by atoms with Crippen LogP contribution in [-0.2, 0) is 0 Å². The SMILES string of the molecule is C=CC1CCC(c2ccc(C3CCC(C4CCC(c5ccc(F)cc5)CC4)CC3)c(F)c2)CC1. The lowest BCUT2D eigenvalue weighted by atomic mass is 9.67. The summed E-state index contributed by atoms with van der Waals surface area (Å²) in [7, 11) is 0. The normalized spacial score (nSPS) is 32.3. The molecule has 3 fully saturated rings. The van der Waals surface area contributed by atoms with Gasteiger partial charge < -0.3 is 0 Å². The summed E-state index contributed by atoms with van der Waals surface area (Å²) in [5, 5.41) is 0. The van der Waals surface area contributed by atoms with E-state index in [0.29, 0.717) is 23.7 Å². The third-order valence-electron chi connectivity index (χ3n) is 9.59. The van der Waals surface area contributed by atoms with Crippen LogP contribution in [-0.4, -0.2) is 0 Å². The van der Waals surface area contributed by atoms with Crippen molar-refractivity contribution in [2.75, 3.05) is 0 Å². The molecule has 0 bridgehead atoms. The van der Waals surface area contributed by atoms with E-state index in [9.17, 15) is 4.39 Å². The molecule has 0 heterocycles. The molecule has 3 aliphatic carbocycles. The van der Waals surface area contributed by atoms with Gasteiger partial charge in [-0.25, -0.2) is 8.78 Å². The summed E-state index contributed by atoms with van der Waals surface area (Å²) < 4.78 is 28.4. The van der Waals surface area contributed by atoms with Gasteiger partial charge in [0.25, 0.3) is 0 Å². The number of rotatable bonds is 5. The third-order valence-corrected chi connectivity index (χ3v) is 9.59. The van der Waals surface area contributed by atoms with Crippen LogP contribution >= 0.6 is 0 Å². The van der Waals surface area contributed by atoms with Crippen LogP contribution in [0.2, 0.25) is 0 Å². The molecule has 34 heavy (non-hydrogen) atoms. The maximum Gasteiger partial charge on any atom is 0.126 e. The molecule has 0 unspecified atom stereocenters. The first-order chi connectivity index (χ1) is 16.6. The average Bonchev–Trinajstić information content (AvgIpc) is 2.89. The number of allylic oxidation sites excluding steroid dienone is 1. The molecule has 0 nitrogen and oxygen atoms in total. The van der Waals surface area contributed by atoms with Crippen molar-refractivity contribution in [3.05, 3.63) is 83.4 Å². The fourth-order valence-electron chi connectivity index (χ4n) is 7.38. The molecular formula is C32H40F2. The summed E-state index contributed by atoms with van der Waals surface area (Å²) >= 11 is 0. The van der Waals surface area contributed by atoms with E-state index in [4.69, 9.17) is 0 Å². The maximum atomic E-state index is 15.2. The Morgan fingerprint density at radius 1 is 0.588 bits per heavy atom. The van der Waals surface area contributed by atoms with E-state index in [1.165, 1.54) is 62.5 Å². The van der Waals surface area contributed by atoms with Crippen molar-refractivity contribution in [2.24, 2.45) is 17.8 Å². The number of hydrogen-bond donors (Lipinski definition) is 0. The van der Waals surface area contributed by atoms with Crippen molar-refractivity contribution < 1.29 is 8.78 Å². The first kappa shape index (κ1) is 23.8. The minimum Gasteiger partial charge on any atom is -0.207 e. The van der Waals surface area contributed by atoms with E-state index in [1.54, 1.807) is 12.1 Å². The molecule has 0 N–H and O–H groups in total. The van der Waals surface area contributed by atoms with Crippen LogP contribution < -0.4 is 0 Å². The molecule has 3 aliphatic rings. The highest BCUT2D eigenvalue weighted by atomic mass is 19.1. The topological polar surface area (TPSA) is 0 Å². The molecule has 0 atom stereocenters. The highest BCUT2D eigenvalue weighted by molar-refractivity contribution is 5.30. The van der Waals surface area contributed by atoms with E-state index >= 15 is 4.39 Å².